The number of hydrogen-bond donors (Lipinski definition) is 1. The second kappa shape index (κ2) is 7.49. The molecule has 0 saturated carbocycles. The number of nitrogens with one attached hydrogen (secondary N) is 1. The highest BCUT2D eigenvalue weighted by Gasteiger charge is 2.18. The maximum absolute atomic E-state index is 4.33. The lowest BCUT2D eigenvalue weighted by Crippen LogP contribution is -2.33. The number of likely N-dealkylation sites (tertiary alicyclic amines) is 1. The molecule has 0 atom stereocenters. The molecule has 0 radical (unpaired) electrons. The van der Waals surface area contributed by atoms with E-state index >= 15 is 0 Å². The first-order valence-electron chi connectivity index (χ1n) is 7.73. The molecule has 1 aliphatic heterocycles. The van der Waals surface area contributed by atoms with E-state index in [1.165, 1.54) is 44.3 Å². The maximum Gasteiger partial charge on any atom is 0.126 e. The highest BCUT2D eigenvalue weighted by Crippen LogP contribution is 2.23. The number of rotatable bonds is 6. The summed E-state index contributed by atoms with van der Waals surface area (Å²) in [7, 11) is 0. The van der Waals surface area contributed by atoms with Crippen molar-refractivity contribution >= 4 is 5.82 Å². The van der Waals surface area contributed by atoms with E-state index in [9.17, 15) is 0 Å². The number of anilines is 1. The van der Waals surface area contributed by atoms with Gasteiger partial charge in [0.15, 0.2) is 0 Å². The van der Waals surface area contributed by atoms with E-state index in [-0.39, 0.29) is 0 Å². The summed E-state index contributed by atoms with van der Waals surface area (Å²) in [5.74, 6) is 1.97. The Morgan fingerprint density at radius 1 is 1.32 bits per heavy atom. The average Bonchev–Trinajstić information content (AvgIpc) is 2.42. The Kier molecular flexibility index (Phi) is 5.64. The van der Waals surface area contributed by atoms with Crippen molar-refractivity contribution in [2.75, 3.05) is 25.0 Å². The number of nitrogens with zero attached hydrogens (tertiary/aromatic N) is 2. The second-order valence-corrected chi connectivity index (χ2v) is 5.59. The van der Waals surface area contributed by atoms with Gasteiger partial charge in [-0.1, -0.05) is 19.8 Å². The molecule has 0 spiro atoms. The molecule has 2 rings (SSSR count). The maximum atomic E-state index is 4.33. The molecule has 3 heteroatoms. The first kappa shape index (κ1) is 14.3. The summed E-state index contributed by atoms with van der Waals surface area (Å²) in [4.78, 5) is 6.91. The summed E-state index contributed by atoms with van der Waals surface area (Å²) in [5.41, 5.74) is 1.37. The quantitative estimate of drug-likeness (QED) is 0.849. The number of piperidine rings is 1. The van der Waals surface area contributed by atoms with Crippen molar-refractivity contribution in [3.05, 3.63) is 23.9 Å². The molecule has 0 aliphatic carbocycles. The fourth-order valence-corrected chi connectivity index (χ4v) is 2.95. The molecule has 0 bridgehead atoms. The molecule has 0 amide bonds. The molecular formula is C16H27N3. The molecule has 1 N–H and O–H groups in total. The van der Waals surface area contributed by atoms with Crippen molar-refractivity contribution < 1.29 is 0 Å². The summed E-state index contributed by atoms with van der Waals surface area (Å²) in [6.45, 7) is 8.91. The van der Waals surface area contributed by atoms with Crippen molar-refractivity contribution in [3.8, 4) is 0 Å². The van der Waals surface area contributed by atoms with Crippen LogP contribution in [0.2, 0.25) is 0 Å². The summed E-state index contributed by atoms with van der Waals surface area (Å²) >= 11 is 0. The van der Waals surface area contributed by atoms with Crippen molar-refractivity contribution in [2.45, 2.75) is 46.1 Å². The molecule has 106 valence electrons. The van der Waals surface area contributed by atoms with E-state index in [4.69, 9.17) is 0 Å². The third kappa shape index (κ3) is 4.50. The minimum Gasteiger partial charge on any atom is -0.370 e. The monoisotopic (exact) mass is 261 g/mol. The van der Waals surface area contributed by atoms with Crippen LogP contribution in [0.5, 0.6) is 0 Å². The lowest BCUT2D eigenvalue weighted by atomic mass is 9.92. The fraction of sp³-hybridized carbons (Fsp3) is 0.688. The second-order valence-electron chi connectivity index (χ2n) is 5.59. The molecule has 1 aromatic heterocycles. The van der Waals surface area contributed by atoms with Gasteiger partial charge in [-0.15, -0.1) is 0 Å². The molecule has 1 aromatic rings. The van der Waals surface area contributed by atoms with Gasteiger partial charge in [-0.25, -0.2) is 4.98 Å². The number of aromatic nitrogens is 1. The molecule has 1 fully saturated rings. The predicted molar refractivity (Wildman–Crippen MR) is 81.3 cm³/mol. The highest BCUT2D eigenvalue weighted by atomic mass is 15.1. The van der Waals surface area contributed by atoms with Crippen LogP contribution >= 0.6 is 0 Å². The van der Waals surface area contributed by atoms with Crippen LogP contribution in [0.3, 0.4) is 0 Å². The molecular weight excluding hydrogens is 234 g/mol. The van der Waals surface area contributed by atoms with Gasteiger partial charge in [0.1, 0.15) is 5.82 Å². The third-order valence-electron chi connectivity index (χ3n) is 3.99. The zero-order valence-electron chi connectivity index (χ0n) is 12.4. The number of pyridine rings is 1. The highest BCUT2D eigenvalue weighted by molar-refractivity contribution is 5.37. The van der Waals surface area contributed by atoms with Crippen LogP contribution in [0.15, 0.2) is 18.3 Å². The lowest BCUT2D eigenvalue weighted by Gasteiger charge is -2.31. The first-order chi connectivity index (χ1) is 9.31. The Balaban J connectivity index is 1.83. The first-order valence-corrected chi connectivity index (χ1v) is 7.73. The van der Waals surface area contributed by atoms with E-state index < -0.39 is 0 Å². The molecule has 0 unspecified atom stereocenters. The van der Waals surface area contributed by atoms with Gasteiger partial charge in [0.05, 0.1) is 0 Å². The molecule has 2 heterocycles. The SMILES string of the molecule is CCCC1CCN(Cc2ccnc(NCC)c2)CC1. The summed E-state index contributed by atoms with van der Waals surface area (Å²) in [6, 6.07) is 4.32. The van der Waals surface area contributed by atoms with E-state index in [1.54, 1.807) is 0 Å². The largest absolute Gasteiger partial charge is 0.370 e. The van der Waals surface area contributed by atoms with Crippen molar-refractivity contribution in [3.63, 3.8) is 0 Å². The Morgan fingerprint density at radius 3 is 2.79 bits per heavy atom. The Hall–Kier alpha value is -1.09. The summed E-state index contributed by atoms with van der Waals surface area (Å²) in [6.07, 6.45) is 7.41. The molecule has 0 aromatic carbocycles. The van der Waals surface area contributed by atoms with Crippen LogP contribution < -0.4 is 5.32 Å². The van der Waals surface area contributed by atoms with Crippen LogP contribution in [-0.4, -0.2) is 29.5 Å². The minimum absolute atomic E-state index is 0.929. The van der Waals surface area contributed by atoms with Gasteiger partial charge in [0.25, 0.3) is 0 Å². The van der Waals surface area contributed by atoms with Crippen molar-refractivity contribution in [2.24, 2.45) is 5.92 Å². The van der Waals surface area contributed by atoms with E-state index in [0.29, 0.717) is 0 Å². The van der Waals surface area contributed by atoms with Crippen molar-refractivity contribution in [1.82, 2.24) is 9.88 Å². The van der Waals surface area contributed by atoms with Gasteiger partial charge in [-0.2, -0.15) is 0 Å². The van der Waals surface area contributed by atoms with Crippen molar-refractivity contribution in [1.29, 1.82) is 0 Å². The Bertz CT molecular complexity index is 370. The molecule has 1 saturated heterocycles. The smallest absolute Gasteiger partial charge is 0.126 e. The van der Waals surface area contributed by atoms with Gasteiger partial charge in [-0.3, -0.25) is 4.90 Å². The Labute approximate surface area is 117 Å². The van der Waals surface area contributed by atoms with E-state index in [2.05, 4.69) is 41.2 Å². The van der Waals surface area contributed by atoms with Gasteiger partial charge in [-0.05, 0) is 56.5 Å². The fourth-order valence-electron chi connectivity index (χ4n) is 2.95. The van der Waals surface area contributed by atoms with E-state index in [0.717, 1.165) is 24.8 Å². The third-order valence-corrected chi connectivity index (χ3v) is 3.99. The molecule has 3 nitrogen and oxygen atoms in total. The zero-order chi connectivity index (χ0) is 13.5. The van der Waals surface area contributed by atoms with Gasteiger partial charge in [0.2, 0.25) is 0 Å². The normalized spacial score (nSPS) is 17.6. The van der Waals surface area contributed by atoms with E-state index in [1.807, 2.05) is 6.20 Å². The lowest BCUT2D eigenvalue weighted by molar-refractivity contribution is 0.172. The Morgan fingerprint density at radius 2 is 2.11 bits per heavy atom. The summed E-state index contributed by atoms with van der Waals surface area (Å²) < 4.78 is 0. The van der Waals surface area contributed by atoms with Gasteiger partial charge >= 0.3 is 0 Å². The standard InChI is InChI=1S/C16H27N3/c1-3-5-14-7-10-19(11-8-14)13-15-6-9-18-16(12-15)17-4-2/h6,9,12,14H,3-5,7-8,10-11,13H2,1-2H3,(H,17,18). The van der Waals surface area contributed by atoms with Crippen LogP contribution in [0, 0.1) is 5.92 Å². The van der Waals surface area contributed by atoms with Crippen LogP contribution in [0.4, 0.5) is 5.82 Å². The summed E-state index contributed by atoms with van der Waals surface area (Å²) in [5, 5.41) is 3.28. The minimum atomic E-state index is 0.929. The van der Waals surface area contributed by atoms with Crippen LogP contribution in [-0.2, 0) is 6.54 Å². The van der Waals surface area contributed by atoms with Gasteiger partial charge in [0, 0.05) is 19.3 Å². The van der Waals surface area contributed by atoms with Gasteiger partial charge < -0.3 is 5.32 Å². The average molecular weight is 261 g/mol. The predicted octanol–water partition coefficient (Wildman–Crippen LogP) is 3.53. The topological polar surface area (TPSA) is 28.2 Å². The van der Waals surface area contributed by atoms with Crippen LogP contribution in [0.25, 0.3) is 0 Å². The molecule has 1 aliphatic rings. The zero-order valence-corrected chi connectivity index (χ0v) is 12.4. The van der Waals surface area contributed by atoms with Crippen LogP contribution in [0.1, 0.15) is 45.1 Å². The number of hydrogen-bond acceptors (Lipinski definition) is 3. The molecule has 19 heavy (non-hydrogen) atoms.